The largest absolute Gasteiger partial charge is 0.457 e. The molecule has 0 radical (unpaired) electrons. The Labute approximate surface area is 185 Å². The SMILES string of the molecule is CN(C)C[C@]12C[C@H]1CC(CCCB1OC(C)(C)C(C)(C)O1)C2(C)C(=O)NC(C)(C)C. The molecule has 2 unspecified atom stereocenters. The fraction of sp³-hybridized carbons (Fsp3) is 0.958. The molecule has 1 N–H and O–H groups in total. The first-order valence-corrected chi connectivity index (χ1v) is 11.9. The van der Waals surface area contributed by atoms with Gasteiger partial charge in [-0.25, -0.2) is 0 Å². The van der Waals surface area contributed by atoms with Gasteiger partial charge >= 0.3 is 7.12 Å². The monoisotopic (exact) mass is 420 g/mol. The van der Waals surface area contributed by atoms with Gasteiger partial charge in [-0.2, -0.15) is 0 Å². The summed E-state index contributed by atoms with van der Waals surface area (Å²) in [5, 5.41) is 3.33. The van der Waals surface area contributed by atoms with Gasteiger partial charge in [0, 0.05) is 17.5 Å². The Hall–Kier alpha value is -0.585. The highest BCUT2D eigenvalue weighted by atomic mass is 16.7. The molecule has 0 spiro atoms. The Morgan fingerprint density at radius 2 is 1.67 bits per heavy atom. The van der Waals surface area contributed by atoms with Crippen LogP contribution in [0, 0.1) is 22.7 Å². The average molecular weight is 420 g/mol. The predicted octanol–water partition coefficient (Wildman–Crippen LogP) is 4.37. The quantitative estimate of drug-likeness (QED) is 0.622. The molecule has 0 aromatic rings. The number of rotatable bonds is 7. The van der Waals surface area contributed by atoms with Crippen molar-refractivity contribution in [3.8, 4) is 0 Å². The van der Waals surface area contributed by atoms with Crippen molar-refractivity contribution in [3.05, 3.63) is 0 Å². The number of hydrogen-bond acceptors (Lipinski definition) is 4. The van der Waals surface area contributed by atoms with Crippen LogP contribution in [0.15, 0.2) is 0 Å². The third kappa shape index (κ3) is 4.09. The number of fused-ring (bicyclic) bond motifs is 1. The van der Waals surface area contributed by atoms with Crippen LogP contribution in [-0.2, 0) is 14.1 Å². The molecule has 2 saturated carbocycles. The summed E-state index contributed by atoms with van der Waals surface area (Å²) in [6, 6.07) is 0. The summed E-state index contributed by atoms with van der Waals surface area (Å²) in [5.74, 6) is 1.34. The summed E-state index contributed by atoms with van der Waals surface area (Å²) in [4.78, 5) is 15.9. The Morgan fingerprint density at radius 1 is 1.10 bits per heavy atom. The number of amides is 1. The summed E-state index contributed by atoms with van der Waals surface area (Å²) < 4.78 is 12.4. The van der Waals surface area contributed by atoms with E-state index in [2.05, 4.69) is 79.7 Å². The van der Waals surface area contributed by atoms with Crippen molar-refractivity contribution in [1.29, 1.82) is 0 Å². The van der Waals surface area contributed by atoms with E-state index < -0.39 is 0 Å². The molecule has 30 heavy (non-hydrogen) atoms. The molecule has 1 amide bonds. The Balaban J connectivity index is 1.69. The van der Waals surface area contributed by atoms with E-state index >= 15 is 0 Å². The third-order valence-corrected chi connectivity index (χ3v) is 8.50. The van der Waals surface area contributed by atoms with Crippen molar-refractivity contribution in [2.45, 2.75) is 104 Å². The lowest BCUT2D eigenvalue weighted by molar-refractivity contribution is -0.139. The van der Waals surface area contributed by atoms with E-state index in [4.69, 9.17) is 9.31 Å². The van der Waals surface area contributed by atoms with Gasteiger partial charge < -0.3 is 19.5 Å². The van der Waals surface area contributed by atoms with Crippen LogP contribution in [-0.4, -0.2) is 55.3 Å². The van der Waals surface area contributed by atoms with Crippen LogP contribution >= 0.6 is 0 Å². The van der Waals surface area contributed by atoms with Crippen molar-refractivity contribution in [1.82, 2.24) is 10.2 Å². The Bertz CT molecular complexity index is 656. The van der Waals surface area contributed by atoms with E-state index in [1.807, 2.05) is 0 Å². The second kappa shape index (κ2) is 7.49. The first-order valence-electron chi connectivity index (χ1n) is 11.9. The maximum Gasteiger partial charge on any atom is 0.457 e. The highest BCUT2D eigenvalue weighted by molar-refractivity contribution is 6.45. The van der Waals surface area contributed by atoms with Crippen LogP contribution < -0.4 is 5.32 Å². The maximum absolute atomic E-state index is 13.6. The highest BCUT2D eigenvalue weighted by Gasteiger charge is 2.74. The molecule has 1 aliphatic heterocycles. The van der Waals surface area contributed by atoms with E-state index in [0.717, 1.165) is 25.7 Å². The van der Waals surface area contributed by atoms with Crippen LogP contribution in [0.25, 0.3) is 0 Å². The zero-order chi connectivity index (χ0) is 22.8. The molecule has 1 heterocycles. The van der Waals surface area contributed by atoms with Gasteiger partial charge in [-0.3, -0.25) is 4.79 Å². The first kappa shape index (κ1) is 24.1. The summed E-state index contributed by atoms with van der Waals surface area (Å²) in [5.41, 5.74) is -0.946. The number of nitrogens with zero attached hydrogens (tertiary/aromatic N) is 1. The fourth-order valence-electron chi connectivity index (χ4n) is 6.14. The zero-order valence-corrected chi connectivity index (χ0v) is 21.1. The van der Waals surface area contributed by atoms with Crippen molar-refractivity contribution in [2.75, 3.05) is 20.6 Å². The minimum atomic E-state index is -0.314. The van der Waals surface area contributed by atoms with Crippen molar-refractivity contribution >= 4 is 13.0 Å². The van der Waals surface area contributed by atoms with E-state index in [-0.39, 0.29) is 40.6 Å². The van der Waals surface area contributed by atoms with E-state index in [1.54, 1.807) is 0 Å². The van der Waals surface area contributed by atoms with Gasteiger partial charge in [0.1, 0.15) is 0 Å². The molecule has 4 atom stereocenters. The summed E-state index contributed by atoms with van der Waals surface area (Å²) >= 11 is 0. The molecule has 3 rings (SSSR count). The molecular weight excluding hydrogens is 375 g/mol. The normalized spacial score (nSPS) is 36.8. The van der Waals surface area contributed by atoms with Crippen molar-refractivity contribution < 1.29 is 14.1 Å². The van der Waals surface area contributed by atoms with Gasteiger partial charge in [0.15, 0.2) is 0 Å². The molecule has 6 heteroatoms. The molecule has 1 saturated heterocycles. The topological polar surface area (TPSA) is 50.8 Å². The fourth-order valence-corrected chi connectivity index (χ4v) is 6.14. The lowest BCUT2D eigenvalue weighted by Gasteiger charge is -2.42. The van der Waals surface area contributed by atoms with Crippen LogP contribution in [0.1, 0.15) is 81.1 Å². The molecule has 5 nitrogen and oxygen atoms in total. The van der Waals surface area contributed by atoms with Gasteiger partial charge in [0.2, 0.25) is 5.91 Å². The summed E-state index contributed by atoms with van der Waals surface area (Å²) in [7, 11) is 4.13. The molecular formula is C24H45BN2O3. The lowest BCUT2D eigenvalue weighted by Crippen LogP contribution is -2.54. The molecule has 172 valence electrons. The molecule has 2 aliphatic carbocycles. The summed E-state index contributed by atoms with van der Waals surface area (Å²) in [6.07, 6.45) is 5.35. The Kier molecular flexibility index (Phi) is 6.00. The van der Waals surface area contributed by atoms with Crippen molar-refractivity contribution in [3.63, 3.8) is 0 Å². The molecule has 3 aliphatic rings. The van der Waals surface area contributed by atoms with Crippen LogP contribution in [0.5, 0.6) is 0 Å². The van der Waals surface area contributed by atoms with Gasteiger partial charge in [0.05, 0.1) is 16.6 Å². The second-order valence-corrected chi connectivity index (χ2v) is 12.8. The standard InChI is InChI=1S/C24H45BN2O3/c1-20(2,3)26-19(28)23(8)17(14-18-15-24(18,23)16-27(9)10)12-11-13-25-29-21(4,5)22(6,7)30-25/h17-18H,11-16H2,1-10H3,(H,26,28)/t17?,18-,23?,24-/m1/s1. The third-order valence-electron chi connectivity index (χ3n) is 8.50. The lowest BCUT2D eigenvalue weighted by atomic mass is 9.65. The van der Waals surface area contributed by atoms with Crippen molar-refractivity contribution in [2.24, 2.45) is 22.7 Å². The molecule has 3 fully saturated rings. The average Bonchev–Trinajstić information content (AvgIpc) is 3.10. The first-order chi connectivity index (χ1) is 13.5. The smallest absolute Gasteiger partial charge is 0.403 e. The highest BCUT2D eigenvalue weighted by Crippen LogP contribution is 2.75. The Morgan fingerprint density at radius 3 is 2.17 bits per heavy atom. The van der Waals surface area contributed by atoms with Gasteiger partial charge in [0.25, 0.3) is 0 Å². The zero-order valence-electron chi connectivity index (χ0n) is 21.1. The number of carbonyl (C=O) groups is 1. The maximum atomic E-state index is 13.6. The predicted molar refractivity (Wildman–Crippen MR) is 123 cm³/mol. The minimum absolute atomic E-state index is 0.126. The van der Waals surface area contributed by atoms with E-state index in [1.165, 1.54) is 12.8 Å². The van der Waals surface area contributed by atoms with Crippen LogP contribution in [0.4, 0.5) is 0 Å². The van der Waals surface area contributed by atoms with Crippen LogP contribution in [0.3, 0.4) is 0 Å². The van der Waals surface area contributed by atoms with E-state index in [0.29, 0.717) is 11.8 Å². The van der Waals surface area contributed by atoms with Gasteiger partial charge in [-0.05, 0) is 107 Å². The number of hydrogen-bond donors (Lipinski definition) is 1. The number of carbonyl (C=O) groups excluding carboxylic acids is 1. The second-order valence-electron chi connectivity index (χ2n) is 12.8. The van der Waals surface area contributed by atoms with Gasteiger partial charge in [-0.15, -0.1) is 0 Å². The molecule has 0 aromatic heterocycles. The van der Waals surface area contributed by atoms with E-state index in [9.17, 15) is 4.79 Å². The van der Waals surface area contributed by atoms with Gasteiger partial charge in [-0.1, -0.05) is 6.42 Å². The number of nitrogens with one attached hydrogen (secondary N) is 1. The summed E-state index contributed by atoms with van der Waals surface area (Å²) in [6.45, 7) is 17.9. The minimum Gasteiger partial charge on any atom is -0.403 e. The molecule has 0 aromatic carbocycles. The molecule has 0 bridgehead atoms. The van der Waals surface area contributed by atoms with Crippen LogP contribution in [0.2, 0.25) is 6.32 Å².